The highest BCUT2D eigenvalue weighted by Crippen LogP contribution is 2.37. The molecule has 0 spiro atoms. The molecule has 0 bridgehead atoms. The molecule has 3 aromatic rings. The van der Waals surface area contributed by atoms with Crippen molar-refractivity contribution in [3.8, 4) is 5.75 Å². The summed E-state index contributed by atoms with van der Waals surface area (Å²) in [6, 6.07) is 21.4. The third kappa shape index (κ3) is 4.73. The van der Waals surface area contributed by atoms with Crippen molar-refractivity contribution in [2.75, 3.05) is 10.8 Å². The zero-order valence-corrected chi connectivity index (χ0v) is 19.8. The Balaban J connectivity index is 1.62. The standard InChI is InChI=1S/C26H28N2O4S/c1-4-22(20-13-9-18(2)10-14-20)27-26(29)25-17-28(23-7-5-6-8-24(23)32-25)33(30,31)21-15-11-19(3)12-16-21/h5-16,22,25H,4,17H2,1-3H3,(H,27,29)/t22-,25-/m1/s1. The molecule has 1 aliphatic heterocycles. The lowest BCUT2D eigenvalue weighted by atomic mass is 10.0. The maximum absolute atomic E-state index is 13.5. The summed E-state index contributed by atoms with van der Waals surface area (Å²) in [5.74, 6) is 0.0176. The van der Waals surface area contributed by atoms with E-state index in [2.05, 4.69) is 5.32 Å². The van der Waals surface area contributed by atoms with Gasteiger partial charge in [0.2, 0.25) is 0 Å². The minimum absolute atomic E-state index is 0.108. The monoisotopic (exact) mass is 464 g/mol. The Morgan fingerprint density at radius 1 is 1.00 bits per heavy atom. The van der Waals surface area contributed by atoms with E-state index in [1.807, 2.05) is 45.0 Å². The number of carbonyl (C=O) groups excluding carboxylic acids is 1. The molecule has 0 aromatic heterocycles. The molecule has 3 aromatic carbocycles. The van der Waals surface area contributed by atoms with Gasteiger partial charge in [0, 0.05) is 0 Å². The lowest BCUT2D eigenvalue weighted by Crippen LogP contribution is -2.51. The van der Waals surface area contributed by atoms with E-state index < -0.39 is 16.1 Å². The second-order valence-electron chi connectivity index (χ2n) is 8.30. The van der Waals surface area contributed by atoms with Gasteiger partial charge in [0.15, 0.2) is 6.10 Å². The summed E-state index contributed by atoms with van der Waals surface area (Å²) in [5.41, 5.74) is 3.53. The molecule has 0 saturated carbocycles. The first-order chi connectivity index (χ1) is 15.8. The van der Waals surface area contributed by atoms with Crippen LogP contribution in [0.2, 0.25) is 0 Å². The average Bonchev–Trinajstić information content (AvgIpc) is 2.82. The summed E-state index contributed by atoms with van der Waals surface area (Å²) in [5, 5.41) is 3.04. The van der Waals surface area contributed by atoms with Crippen LogP contribution in [0.3, 0.4) is 0 Å². The van der Waals surface area contributed by atoms with Gasteiger partial charge in [0.25, 0.3) is 15.9 Å². The molecule has 1 N–H and O–H groups in total. The molecular formula is C26H28N2O4S. The van der Waals surface area contributed by atoms with Crippen LogP contribution in [0, 0.1) is 13.8 Å². The van der Waals surface area contributed by atoms with Crippen LogP contribution in [0.5, 0.6) is 5.75 Å². The van der Waals surface area contributed by atoms with Gasteiger partial charge in [-0.2, -0.15) is 0 Å². The maximum Gasteiger partial charge on any atom is 0.264 e. The highest BCUT2D eigenvalue weighted by Gasteiger charge is 2.37. The van der Waals surface area contributed by atoms with E-state index in [4.69, 9.17) is 4.74 Å². The first-order valence-electron chi connectivity index (χ1n) is 11.0. The fraction of sp³-hybridized carbons (Fsp3) is 0.269. The molecule has 0 radical (unpaired) electrons. The number of aryl methyl sites for hydroxylation is 2. The van der Waals surface area contributed by atoms with E-state index in [0.717, 1.165) is 16.7 Å². The molecule has 2 atom stereocenters. The number of para-hydroxylation sites is 2. The number of hydrogen-bond donors (Lipinski definition) is 1. The zero-order valence-electron chi connectivity index (χ0n) is 19.0. The number of amides is 1. The number of sulfonamides is 1. The number of fused-ring (bicyclic) bond motifs is 1. The molecule has 0 aliphatic carbocycles. The predicted molar refractivity (Wildman–Crippen MR) is 129 cm³/mol. The Kier molecular flexibility index (Phi) is 6.42. The van der Waals surface area contributed by atoms with Crippen LogP contribution in [-0.4, -0.2) is 27.0 Å². The van der Waals surface area contributed by atoms with Crippen LogP contribution in [-0.2, 0) is 14.8 Å². The first kappa shape index (κ1) is 22.9. The van der Waals surface area contributed by atoms with Gasteiger partial charge in [0.1, 0.15) is 5.75 Å². The molecule has 33 heavy (non-hydrogen) atoms. The summed E-state index contributed by atoms with van der Waals surface area (Å²) < 4.78 is 34.2. The van der Waals surface area contributed by atoms with Crippen molar-refractivity contribution in [2.45, 2.75) is 44.2 Å². The minimum atomic E-state index is -3.88. The van der Waals surface area contributed by atoms with E-state index in [1.54, 1.807) is 48.5 Å². The van der Waals surface area contributed by atoms with Crippen molar-refractivity contribution >= 4 is 21.6 Å². The third-order valence-electron chi connectivity index (χ3n) is 5.84. The van der Waals surface area contributed by atoms with Crippen LogP contribution in [0.15, 0.2) is 77.7 Å². The van der Waals surface area contributed by atoms with Crippen molar-refractivity contribution < 1.29 is 17.9 Å². The molecule has 0 saturated heterocycles. The number of rotatable bonds is 6. The third-order valence-corrected chi connectivity index (χ3v) is 7.63. The first-order valence-corrected chi connectivity index (χ1v) is 12.5. The van der Waals surface area contributed by atoms with E-state index in [-0.39, 0.29) is 23.4 Å². The highest BCUT2D eigenvalue weighted by molar-refractivity contribution is 7.92. The number of carbonyl (C=O) groups is 1. The SMILES string of the molecule is CC[C@@H](NC(=O)[C@H]1CN(S(=O)(=O)c2ccc(C)cc2)c2ccccc2O1)c1ccc(C)cc1. The Labute approximate surface area is 195 Å². The lowest BCUT2D eigenvalue weighted by Gasteiger charge is -2.35. The molecular weight excluding hydrogens is 436 g/mol. The van der Waals surface area contributed by atoms with Crippen LogP contribution in [0.1, 0.15) is 36.1 Å². The van der Waals surface area contributed by atoms with Crippen LogP contribution in [0.4, 0.5) is 5.69 Å². The number of anilines is 1. The minimum Gasteiger partial charge on any atom is -0.476 e. The number of benzene rings is 3. The number of nitrogens with one attached hydrogen (secondary N) is 1. The molecule has 7 heteroatoms. The van der Waals surface area contributed by atoms with Gasteiger partial charge in [0.05, 0.1) is 23.2 Å². The Bertz CT molecular complexity index is 1240. The van der Waals surface area contributed by atoms with Crippen molar-refractivity contribution in [2.24, 2.45) is 0 Å². The summed E-state index contributed by atoms with van der Waals surface area (Å²) in [4.78, 5) is 13.4. The normalized spacial score (nSPS) is 16.5. The van der Waals surface area contributed by atoms with E-state index >= 15 is 0 Å². The summed E-state index contributed by atoms with van der Waals surface area (Å²) in [6.07, 6.45) is -0.275. The molecule has 1 heterocycles. The van der Waals surface area contributed by atoms with Gasteiger partial charge >= 0.3 is 0 Å². The number of ether oxygens (including phenoxy) is 1. The predicted octanol–water partition coefficient (Wildman–Crippen LogP) is 4.53. The summed E-state index contributed by atoms with van der Waals surface area (Å²) in [7, 11) is -3.88. The average molecular weight is 465 g/mol. The largest absolute Gasteiger partial charge is 0.476 e. The van der Waals surface area contributed by atoms with Gasteiger partial charge in [-0.25, -0.2) is 8.42 Å². The Morgan fingerprint density at radius 2 is 1.61 bits per heavy atom. The summed E-state index contributed by atoms with van der Waals surface area (Å²) >= 11 is 0. The van der Waals surface area contributed by atoms with Gasteiger partial charge in [-0.1, -0.05) is 66.6 Å². The molecule has 172 valence electrons. The zero-order chi connectivity index (χ0) is 23.6. The van der Waals surface area contributed by atoms with Crippen molar-refractivity contribution in [1.29, 1.82) is 0 Å². The topological polar surface area (TPSA) is 75.7 Å². The fourth-order valence-electron chi connectivity index (χ4n) is 3.89. The molecule has 1 aliphatic rings. The van der Waals surface area contributed by atoms with Gasteiger partial charge < -0.3 is 10.1 Å². The van der Waals surface area contributed by atoms with Gasteiger partial charge in [-0.3, -0.25) is 9.10 Å². The molecule has 0 fully saturated rings. The smallest absolute Gasteiger partial charge is 0.264 e. The maximum atomic E-state index is 13.5. The molecule has 4 rings (SSSR count). The Hall–Kier alpha value is -3.32. The fourth-order valence-corrected chi connectivity index (χ4v) is 5.36. The van der Waals surface area contributed by atoms with E-state index in [1.165, 1.54) is 4.31 Å². The second kappa shape index (κ2) is 9.27. The van der Waals surface area contributed by atoms with Crippen molar-refractivity contribution in [1.82, 2.24) is 5.32 Å². The van der Waals surface area contributed by atoms with E-state index in [9.17, 15) is 13.2 Å². The van der Waals surface area contributed by atoms with Crippen molar-refractivity contribution in [3.63, 3.8) is 0 Å². The van der Waals surface area contributed by atoms with Gasteiger partial charge in [-0.05, 0) is 50.1 Å². The number of hydrogen-bond acceptors (Lipinski definition) is 4. The quantitative estimate of drug-likeness (QED) is 0.582. The lowest BCUT2D eigenvalue weighted by molar-refractivity contribution is -0.128. The van der Waals surface area contributed by atoms with E-state index in [0.29, 0.717) is 17.9 Å². The second-order valence-corrected chi connectivity index (χ2v) is 10.2. The highest BCUT2D eigenvalue weighted by atomic mass is 32.2. The Morgan fingerprint density at radius 3 is 2.24 bits per heavy atom. The van der Waals surface area contributed by atoms with Crippen LogP contribution in [0.25, 0.3) is 0 Å². The van der Waals surface area contributed by atoms with Crippen LogP contribution >= 0.6 is 0 Å². The number of nitrogens with zero attached hydrogens (tertiary/aromatic N) is 1. The van der Waals surface area contributed by atoms with Crippen molar-refractivity contribution in [3.05, 3.63) is 89.5 Å². The van der Waals surface area contributed by atoms with Crippen LogP contribution < -0.4 is 14.4 Å². The molecule has 0 unspecified atom stereocenters. The molecule has 6 nitrogen and oxygen atoms in total. The molecule has 1 amide bonds. The van der Waals surface area contributed by atoms with Gasteiger partial charge in [-0.15, -0.1) is 0 Å². The summed E-state index contributed by atoms with van der Waals surface area (Å²) in [6.45, 7) is 5.80.